The molecule has 12 heavy (non-hydrogen) atoms. The van der Waals surface area contributed by atoms with Gasteiger partial charge in [0.15, 0.2) is 0 Å². The SMILES string of the molecule is COCCOC1(CBr)CCCC1. The topological polar surface area (TPSA) is 18.5 Å². The third-order valence-electron chi connectivity index (χ3n) is 2.45. The molecule has 1 saturated carbocycles. The largest absolute Gasteiger partial charge is 0.382 e. The fourth-order valence-corrected chi connectivity index (χ4v) is 2.40. The molecule has 0 aromatic rings. The van der Waals surface area contributed by atoms with Crippen LogP contribution in [0.15, 0.2) is 0 Å². The molecule has 1 rings (SSSR count). The van der Waals surface area contributed by atoms with Gasteiger partial charge in [0, 0.05) is 12.4 Å². The van der Waals surface area contributed by atoms with Crippen LogP contribution in [0.3, 0.4) is 0 Å². The second kappa shape index (κ2) is 5.20. The molecule has 0 spiro atoms. The lowest BCUT2D eigenvalue weighted by atomic mass is 10.1. The van der Waals surface area contributed by atoms with Gasteiger partial charge in [-0.1, -0.05) is 28.8 Å². The summed E-state index contributed by atoms with van der Waals surface area (Å²) in [5.41, 5.74) is 0.124. The van der Waals surface area contributed by atoms with Crippen molar-refractivity contribution < 1.29 is 9.47 Å². The van der Waals surface area contributed by atoms with E-state index < -0.39 is 0 Å². The molecule has 0 amide bonds. The van der Waals surface area contributed by atoms with Crippen molar-refractivity contribution in [3.05, 3.63) is 0 Å². The van der Waals surface area contributed by atoms with Crippen LogP contribution in [0.2, 0.25) is 0 Å². The summed E-state index contributed by atoms with van der Waals surface area (Å²) < 4.78 is 10.8. The molecule has 0 saturated heterocycles. The van der Waals surface area contributed by atoms with E-state index in [9.17, 15) is 0 Å². The van der Waals surface area contributed by atoms with Gasteiger partial charge in [-0.25, -0.2) is 0 Å². The number of hydrogen-bond acceptors (Lipinski definition) is 2. The van der Waals surface area contributed by atoms with E-state index in [1.165, 1.54) is 25.7 Å². The fourth-order valence-electron chi connectivity index (χ4n) is 1.68. The summed E-state index contributed by atoms with van der Waals surface area (Å²) in [5, 5.41) is 0.962. The molecule has 0 heterocycles. The van der Waals surface area contributed by atoms with Gasteiger partial charge in [-0.15, -0.1) is 0 Å². The quantitative estimate of drug-likeness (QED) is 0.539. The van der Waals surface area contributed by atoms with E-state index in [2.05, 4.69) is 15.9 Å². The van der Waals surface area contributed by atoms with Crippen LogP contribution in [0.5, 0.6) is 0 Å². The lowest BCUT2D eigenvalue weighted by Crippen LogP contribution is -2.32. The summed E-state index contributed by atoms with van der Waals surface area (Å²) >= 11 is 3.52. The van der Waals surface area contributed by atoms with E-state index >= 15 is 0 Å². The molecule has 72 valence electrons. The maximum atomic E-state index is 5.81. The van der Waals surface area contributed by atoms with E-state index in [1.54, 1.807) is 7.11 Å². The highest BCUT2D eigenvalue weighted by atomic mass is 79.9. The molecule has 0 atom stereocenters. The Morgan fingerprint density at radius 1 is 1.25 bits per heavy atom. The molecule has 0 aliphatic heterocycles. The molecular weight excluding hydrogens is 220 g/mol. The van der Waals surface area contributed by atoms with Gasteiger partial charge in [0.25, 0.3) is 0 Å². The molecule has 3 heteroatoms. The molecule has 0 aromatic heterocycles. The Morgan fingerprint density at radius 3 is 2.42 bits per heavy atom. The van der Waals surface area contributed by atoms with Crippen LogP contribution in [-0.2, 0) is 9.47 Å². The zero-order chi connectivity index (χ0) is 8.86. The van der Waals surface area contributed by atoms with E-state index in [4.69, 9.17) is 9.47 Å². The summed E-state index contributed by atoms with van der Waals surface area (Å²) in [5.74, 6) is 0. The van der Waals surface area contributed by atoms with Crippen LogP contribution in [0, 0.1) is 0 Å². The first-order chi connectivity index (χ1) is 5.83. The second-order valence-electron chi connectivity index (χ2n) is 3.37. The predicted molar refractivity (Wildman–Crippen MR) is 52.8 cm³/mol. The summed E-state index contributed by atoms with van der Waals surface area (Å²) in [6.45, 7) is 1.43. The first-order valence-electron chi connectivity index (χ1n) is 4.52. The average Bonchev–Trinajstić information content (AvgIpc) is 2.55. The van der Waals surface area contributed by atoms with Gasteiger partial charge in [-0.3, -0.25) is 0 Å². The molecular formula is C9H17BrO2. The van der Waals surface area contributed by atoms with Crippen molar-refractivity contribution in [1.29, 1.82) is 0 Å². The molecule has 0 unspecified atom stereocenters. The first kappa shape index (κ1) is 10.5. The number of methoxy groups -OCH3 is 1. The van der Waals surface area contributed by atoms with Crippen molar-refractivity contribution in [1.82, 2.24) is 0 Å². The van der Waals surface area contributed by atoms with Crippen LogP contribution in [-0.4, -0.2) is 31.3 Å². The zero-order valence-electron chi connectivity index (χ0n) is 7.64. The molecule has 0 aromatic carbocycles. The van der Waals surface area contributed by atoms with Crippen molar-refractivity contribution in [2.45, 2.75) is 31.3 Å². The van der Waals surface area contributed by atoms with Crippen LogP contribution in [0.1, 0.15) is 25.7 Å². The Labute approximate surface area is 82.7 Å². The zero-order valence-corrected chi connectivity index (χ0v) is 9.23. The fraction of sp³-hybridized carbons (Fsp3) is 1.00. The summed E-state index contributed by atoms with van der Waals surface area (Å²) in [6, 6.07) is 0. The van der Waals surface area contributed by atoms with Crippen molar-refractivity contribution in [2.75, 3.05) is 25.7 Å². The Kier molecular flexibility index (Phi) is 4.54. The molecule has 1 aliphatic carbocycles. The maximum absolute atomic E-state index is 5.81. The normalized spacial score (nSPS) is 21.5. The van der Waals surface area contributed by atoms with E-state index in [0.717, 1.165) is 11.9 Å². The minimum Gasteiger partial charge on any atom is -0.382 e. The van der Waals surface area contributed by atoms with E-state index in [1.807, 2.05) is 0 Å². The second-order valence-corrected chi connectivity index (χ2v) is 3.93. The van der Waals surface area contributed by atoms with Crippen molar-refractivity contribution in [3.8, 4) is 0 Å². The van der Waals surface area contributed by atoms with Crippen LogP contribution in [0.25, 0.3) is 0 Å². The van der Waals surface area contributed by atoms with Gasteiger partial charge in [-0.05, 0) is 12.8 Å². The van der Waals surface area contributed by atoms with Crippen molar-refractivity contribution >= 4 is 15.9 Å². The summed E-state index contributed by atoms with van der Waals surface area (Å²) in [6.07, 6.45) is 5.00. The van der Waals surface area contributed by atoms with Gasteiger partial charge < -0.3 is 9.47 Å². The molecule has 0 bridgehead atoms. The van der Waals surface area contributed by atoms with E-state index in [-0.39, 0.29) is 5.60 Å². The smallest absolute Gasteiger partial charge is 0.0780 e. The highest BCUT2D eigenvalue weighted by Crippen LogP contribution is 2.34. The number of alkyl halides is 1. The predicted octanol–water partition coefficient (Wildman–Crippen LogP) is 2.36. The van der Waals surface area contributed by atoms with Crippen molar-refractivity contribution in [3.63, 3.8) is 0 Å². The molecule has 1 aliphatic rings. The Hall–Kier alpha value is 0.400. The number of halogens is 1. The lowest BCUT2D eigenvalue weighted by Gasteiger charge is -2.26. The van der Waals surface area contributed by atoms with Gasteiger partial charge in [0.2, 0.25) is 0 Å². The summed E-state index contributed by atoms with van der Waals surface area (Å²) in [4.78, 5) is 0. The minimum absolute atomic E-state index is 0.124. The van der Waals surface area contributed by atoms with Gasteiger partial charge >= 0.3 is 0 Å². The Bertz CT molecular complexity index is 122. The number of rotatable bonds is 5. The molecule has 0 N–H and O–H groups in total. The Balaban J connectivity index is 2.24. The average molecular weight is 237 g/mol. The van der Waals surface area contributed by atoms with Crippen LogP contribution in [0.4, 0.5) is 0 Å². The number of ether oxygens (including phenoxy) is 2. The lowest BCUT2D eigenvalue weighted by molar-refractivity contribution is -0.0422. The standard InChI is InChI=1S/C9H17BrO2/c1-11-6-7-12-9(8-10)4-2-3-5-9/h2-8H2,1H3. The monoisotopic (exact) mass is 236 g/mol. The van der Waals surface area contributed by atoms with Gasteiger partial charge in [0.1, 0.15) is 0 Å². The van der Waals surface area contributed by atoms with Crippen molar-refractivity contribution in [2.24, 2.45) is 0 Å². The van der Waals surface area contributed by atoms with E-state index in [0.29, 0.717) is 6.61 Å². The van der Waals surface area contributed by atoms with Gasteiger partial charge in [0.05, 0.1) is 18.8 Å². The minimum atomic E-state index is 0.124. The highest BCUT2D eigenvalue weighted by molar-refractivity contribution is 9.09. The first-order valence-corrected chi connectivity index (χ1v) is 5.64. The third-order valence-corrected chi connectivity index (χ3v) is 3.48. The molecule has 0 radical (unpaired) electrons. The van der Waals surface area contributed by atoms with Crippen LogP contribution >= 0.6 is 15.9 Å². The highest BCUT2D eigenvalue weighted by Gasteiger charge is 2.33. The molecule has 2 nitrogen and oxygen atoms in total. The Morgan fingerprint density at radius 2 is 1.92 bits per heavy atom. The maximum Gasteiger partial charge on any atom is 0.0780 e. The van der Waals surface area contributed by atoms with Gasteiger partial charge in [-0.2, -0.15) is 0 Å². The number of hydrogen-bond donors (Lipinski definition) is 0. The third kappa shape index (κ3) is 2.71. The molecule has 1 fully saturated rings. The van der Waals surface area contributed by atoms with Crippen LogP contribution < -0.4 is 0 Å². The summed E-state index contributed by atoms with van der Waals surface area (Å²) in [7, 11) is 1.71.